The summed E-state index contributed by atoms with van der Waals surface area (Å²) in [4.78, 5) is 19.4. The molecule has 2 aromatic heterocycles. The van der Waals surface area contributed by atoms with E-state index in [0.29, 0.717) is 11.5 Å². The van der Waals surface area contributed by atoms with Gasteiger partial charge in [-0.2, -0.15) is 0 Å². The van der Waals surface area contributed by atoms with Gasteiger partial charge in [-0.1, -0.05) is 0 Å². The van der Waals surface area contributed by atoms with E-state index in [0.717, 1.165) is 11.3 Å². The number of nitrogens with one attached hydrogen (secondary N) is 1. The molecule has 0 fully saturated rings. The number of rotatable bonds is 3. The molecule has 92 valence electrons. The van der Waals surface area contributed by atoms with E-state index < -0.39 is 5.91 Å². The molecule has 6 heteroatoms. The number of amides is 1. The van der Waals surface area contributed by atoms with Gasteiger partial charge >= 0.3 is 0 Å². The highest BCUT2D eigenvalue weighted by Gasteiger charge is 2.11. The lowest BCUT2D eigenvalue weighted by Gasteiger charge is -2.11. The lowest BCUT2D eigenvalue weighted by atomic mass is 10.2. The van der Waals surface area contributed by atoms with Crippen LogP contribution in [0.15, 0.2) is 30.7 Å². The van der Waals surface area contributed by atoms with Crippen LogP contribution >= 0.6 is 0 Å². The minimum absolute atomic E-state index is 0.248. The molecule has 2 heterocycles. The van der Waals surface area contributed by atoms with E-state index in [1.165, 1.54) is 12.3 Å². The van der Waals surface area contributed by atoms with Crippen LogP contribution in [0.5, 0.6) is 0 Å². The molecule has 0 aliphatic heterocycles. The average molecular weight is 243 g/mol. The van der Waals surface area contributed by atoms with Gasteiger partial charge in [0, 0.05) is 6.20 Å². The summed E-state index contributed by atoms with van der Waals surface area (Å²) < 4.78 is 0. The van der Waals surface area contributed by atoms with Gasteiger partial charge in [0.05, 0.1) is 29.3 Å². The van der Waals surface area contributed by atoms with Gasteiger partial charge in [-0.25, -0.2) is 4.98 Å². The number of anilines is 3. The third-order valence-electron chi connectivity index (χ3n) is 2.47. The number of aryl methyl sites for hydroxylation is 1. The molecule has 1 amide bonds. The number of carbonyl (C=O) groups excluding carboxylic acids is 1. The van der Waals surface area contributed by atoms with Crippen molar-refractivity contribution in [1.82, 2.24) is 9.97 Å². The number of hydrogen-bond donors (Lipinski definition) is 3. The summed E-state index contributed by atoms with van der Waals surface area (Å²) in [6, 6.07) is 3.34. The Morgan fingerprint density at radius 1 is 1.39 bits per heavy atom. The molecule has 0 atom stereocenters. The third-order valence-corrected chi connectivity index (χ3v) is 2.47. The molecule has 5 N–H and O–H groups in total. The molecule has 0 saturated carbocycles. The zero-order valence-corrected chi connectivity index (χ0v) is 9.84. The van der Waals surface area contributed by atoms with Crippen molar-refractivity contribution in [3.8, 4) is 0 Å². The minimum atomic E-state index is -0.584. The van der Waals surface area contributed by atoms with Crippen LogP contribution in [-0.4, -0.2) is 15.9 Å². The first-order chi connectivity index (χ1) is 8.58. The summed E-state index contributed by atoms with van der Waals surface area (Å²) in [6.07, 6.45) is 4.80. The van der Waals surface area contributed by atoms with Crippen LogP contribution in [-0.2, 0) is 0 Å². The van der Waals surface area contributed by atoms with Gasteiger partial charge in [-0.05, 0) is 24.6 Å². The second-order valence-electron chi connectivity index (χ2n) is 3.84. The molecule has 0 bridgehead atoms. The van der Waals surface area contributed by atoms with Crippen molar-refractivity contribution in [3.05, 3.63) is 41.9 Å². The molecule has 2 aromatic rings. The molecule has 6 nitrogen and oxygen atoms in total. The Morgan fingerprint density at radius 2 is 2.17 bits per heavy atom. The number of aromatic nitrogens is 2. The predicted molar refractivity (Wildman–Crippen MR) is 69.4 cm³/mol. The predicted octanol–water partition coefficient (Wildman–Crippen LogP) is 1.21. The van der Waals surface area contributed by atoms with Gasteiger partial charge < -0.3 is 16.8 Å². The third kappa shape index (κ3) is 2.37. The van der Waals surface area contributed by atoms with Crippen molar-refractivity contribution >= 4 is 23.1 Å². The topological polar surface area (TPSA) is 107 Å². The number of nitrogens with two attached hydrogens (primary N) is 2. The van der Waals surface area contributed by atoms with Crippen LogP contribution in [0.2, 0.25) is 0 Å². The highest BCUT2D eigenvalue weighted by atomic mass is 16.1. The summed E-state index contributed by atoms with van der Waals surface area (Å²) >= 11 is 0. The molecule has 0 spiro atoms. The monoisotopic (exact) mass is 243 g/mol. The average Bonchev–Trinajstić information content (AvgIpc) is 2.34. The van der Waals surface area contributed by atoms with E-state index in [4.69, 9.17) is 11.5 Å². The van der Waals surface area contributed by atoms with Crippen molar-refractivity contribution in [3.63, 3.8) is 0 Å². The van der Waals surface area contributed by atoms with Crippen LogP contribution in [0.3, 0.4) is 0 Å². The summed E-state index contributed by atoms with van der Waals surface area (Å²) in [5.74, 6) is -0.216. The second kappa shape index (κ2) is 4.70. The number of hydrogen-bond acceptors (Lipinski definition) is 5. The van der Waals surface area contributed by atoms with Crippen LogP contribution in [0.4, 0.5) is 17.2 Å². The van der Waals surface area contributed by atoms with Crippen molar-refractivity contribution in [2.75, 3.05) is 11.1 Å². The Bertz CT molecular complexity index is 597. The van der Waals surface area contributed by atoms with Gasteiger partial charge in [0.25, 0.3) is 5.91 Å². The van der Waals surface area contributed by atoms with Gasteiger partial charge in [0.15, 0.2) is 0 Å². The van der Waals surface area contributed by atoms with Crippen molar-refractivity contribution in [2.45, 2.75) is 6.92 Å². The largest absolute Gasteiger partial charge is 0.397 e. The summed E-state index contributed by atoms with van der Waals surface area (Å²) in [7, 11) is 0. The normalized spacial score (nSPS) is 10.1. The molecule has 0 unspecified atom stereocenters. The van der Waals surface area contributed by atoms with E-state index in [-0.39, 0.29) is 5.56 Å². The van der Waals surface area contributed by atoms with E-state index >= 15 is 0 Å². The summed E-state index contributed by atoms with van der Waals surface area (Å²) in [6.45, 7) is 1.92. The fourth-order valence-corrected chi connectivity index (χ4v) is 1.49. The lowest BCUT2D eigenvalue weighted by molar-refractivity contribution is 0.100. The Labute approximate surface area is 104 Å². The standard InChI is InChI=1S/C12H13N5O/c1-7-2-3-15-6-10(7)17-12-9(11(14)18)4-8(13)5-16-12/h2-6H,13H2,1H3,(H2,14,18)(H,16,17). The number of carbonyl (C=O) groups is 1. The van der Waals surface area contributed by atoms with E-state index in [2.05, 4.69) is 15.3 Å². The Morgan fingerprint density at radius 3 is 2.83 bits per heavy atom. The van der Waals surface area contributed by atoms with Crippen LogP contribution in [0, 0.1) is 6.92 Å². The highest BCUT2D eigenvalue weighted by Crippen LogP contribution is 2.21. The van der Waals surface area contributed by atoms with Crippen LogP contribution < -0.4 is 16.8 Å². The highest BCUT2D eigenvalue weighted by molar-refractivity contribution is 5.99. The van der Waals surface area contributed by atoms with Gasteiger partial charge in [0.1, 0.15) is 5.82 Å². The summed E-state index contributed by atoms with van der Waals surface area (Å²) in [5, 5.41) is 3.02. The lowest BCUT2D eigenvalue weighted by Crippen LogP contribution is -2.15. The molecule has 0 aromatic carbocycles. The Kier molecular flexibility index (Phi) is 3.09. The quantitative estimate of drug-likeness (QED) is 0.751. The SMILES string of the molecule is Cc1ccncc1Nc1ncc(N)cc1C(N)=O. The number of nitrogen functional groups attached to an aromatic ring is 1. The van der Waals surface area contributed by atoms with Gasteiger partial charge in [0.2, 0.25) is 0 Å². The second-order valence-corrected chi connectivity index (χ2v) is 3.84. The summed E-state index contributed by atoms with van der Waals surface area (Å²) in [5.41, 5.74) is 13.2. The Balaban J connectivity index is 2.41. The van der Waals surface area contributed by atoms with Gasteiger partial charge in [-0.15, -0.1) is 0 Å². The smallest absolute Gasteiger partial charge is 0.252 e. The maximum Gasteiger partial charge on any atom is 0.252 e. The molecule has 18 heavy (non-hydrogen) atoms. The fraction of sp³-hybridized carbons (Fsp3) is 0.0833. The maximum atomic E-state index is 11.3. The van der Waals surface area contributed by atoms with E-state index in [9.17, 15) is 4.79 Å². The van der Waals surface area contributed by atoms with Crippen LogP contribution in [0.25, 0.3) is 0 Å². The first-order valence-corrected chi connectivity index (χ1v) is 5.31. The van der Waals surface area contributed by atoms with E-state index in [1.54, 1.807) is 12.4 Å². The number of primary amides is 1. The maximum absolute atomic E-state index is 11.3. The molecular weight excluding hydrogens is 230 g/mol. The number of nitrogens with zero attached hydrogens (tertiary/aromatic N) is 2. The van der Waals surface area contributed by atoms with Crippen LogP contribution in [0.1, 0.15) is 15.9 Å². The van der Waals surface area contributed by atoms with E-state index in [1.807, 2.05) is 13.0 Å². The molecule has 0 radical (unpaired) electrons. The molecule has 0 saturated heterocycles. The Hall–Kier alpha value is -2.63. The fourth-order valence-electron chi connectivity index (χ4n) is 1.49. The van der Waals surface area contributed by atoms with Crippen molar-refractivity contribution in [1.29, 1.82) is 0 Å². The molecule has 2 rings (SSSR count). The molecule has 0 aliphatic rings. The zero-order chi connectivity index (χ0) is 13.1. The van der Waals surface area contributed by atoms with Crippen molar-refractivity contribution < 1.29 is 4.79 Å². The minimum Gasteiger partial charge on any atom is -0.397 e. The first kappa shape index (κ1) is 11.8. The number of pyridine rings is 2. The zero-order valence-electron chi connectivity index (χ0n) is 9.84. The molecule has 0 aliphatic carbocycles. The molecular formula is C12H13N5O. The van der Waals surface area contributed by atoms with Crippen molar-refractivity contribution in [2.24, 2.45) is 5.73 Å². The van der Waals surface area contributed by atoms with Gasteiger partial charge in [-0.3, -0.25) is 9.78 Å². The first-order valence-electron chi connectivity index (χ1n) is 5.31.